The summed E-state index contributed by atoms with van der Waals surface area (Å²) >= 11 is 0. The van der Waals surface area contributed by atoms with Crippen molar-refractivity contribution in [3.05, 3.63) is 12.7 Å². The van der Waals surface area contributed by atoms with Gasteiger partial charge in [-0.3, -0.25) is 4.21 Å². The zero-order valence-electron chi connectivity index (χ0n) is 7.90. The molecule has 0 aromatic rings. The minimum absolute atomic E-state index is 0.371. The molecule has 1 aliphatic rings. The van der Waals surface area contributed by atoms with Gasteiger partial charge in [0.05, 0.1) is 0 Å². The summed E-state index contributed by atoms with van der Waals surface area (Å²) in [6, 6.07) is 0. The second kappa shape index (κ2) is 6.14. The lowest BCUT2D eigenvalue weighted by atomic mass is 10.2. The maximum absolute atomic E-state index is 11.5. The molecule has 0 saturated carbocycles. The van der Waals surface area contributed by atoms with Crippen LogP contribution in [-0.2, 0) is 10.8 Å². The van der Waals surface area contributed by atoms with Crippen LogP contribution in [0.3, 0.4) is 0 Å². The largest absolute Gasteiger partial charge is 0.259 e. The first kappa shape index (κ1) is 11.7. The SMILES string of the molecule is C=CCSS[C@H]1CCCS(=O)[C@@H]1C. The molecule has 1 fully saturated rings. The Morgan fingerprint density at radius 1 is 1.69 bits per heavy atom. The molecule has 4 heteroatoms. The van der Waals surface area contributed by atoms with E-state index in [-0.39, 0.29) is 0 Å². The highest BCUT2D eigenvalue weighted by atomic mass is 33.1. The summed E-state index contributed by atoms with van der Waals surface area (Å²) in [6.07, 6.45) is 4.27. The van der Waals surface area contributed by atoms with Crippen molar-refractivity contribution < 1.29 is 4.21 Å². The minimum atomic E-state index is -0.580. The molecule has 0 aromatic heterocycles. The lowest BCUT2D eigenvalue weighted by molar-refractivity contribution is 0.633. The molecule has 1 nitrogen and oxygen atoms in total. The topological polar surface area (TPSA) is 17.1 Å². The molecule has 13 heavy (non-hydrogen) atoms. The number of hydrogen-bond acceptors (Lipinski definition) is 3. The third kappa shape index (κ3) is 3.68. The Balaban J connectivity index is 2.30. The van der Waals surface area contributed by atoms with E-state index in [0.717, 1.165) is 17.9 Å². The first-order valence-electron chi connectivity index (χ1n) is 4.52. The Bertz CT molecular complexity index is 193. The van der Waals surface area contributed by atoms with E-state index < -0.39 is 10.8 Å². The standard InChI is InChI=1S/C9H16OS3/c1-3-6-11-12-9-5-4-7-13(10)8(9)2/h3,8-9H,1,4-7H2,2H3/t8-,9+,13?/m1/s1. The fraction of sp³-hybridized carbons (Fsp3) is 0.778. The highest BCUT2D eigenvalue weighted by Crippen LogP contribution is 2.35. The molecule has 0 radical (unpaired) electrons. The van der Waals surface area contributed by atoms with Gasteiger partial charge in [-0.1, -0.05) is 27.7 Å². The van der Waals surface area contributed by atoms with Crippen molar-refractivity contribution in [1.82, 2.24) is 0 Å². The fourth-order valence-electron chi connectivity index (χ4n) is 1.32. The van der Waals surface area contributed by atoms with E-state index in [0.29, 0.717) is 10.5 Å². The van der Waals surface area contributed by atoms with Crippen LogP contribution in [0.4, 0.5) is 0 Å². The highest BCUT2D eigenvalue weighted by Gasteiger charge is 2.27. The van der Waals surface area contributed by atoms with Gasteiger partial charge in [-0.05, 0) is 19.8 Å². The zero-order chi connectivity index (χ0) is 9.68. The molecule has 0 bridgehead atoms. The predicted octanol–water partition coefficient (Wildman–Crippen LogP) is 2.85. The molecule has 0 spiro atoms. The molecule has 0 N–H and O–H groups in total. The Morgan fingerprint density at radius 2 is 2.46 bits per heavy atom. The van der Waals surface area contributed by atoms with Crippen LogP contribution >= 0.6 is 21.6 Å². The van der Waals surface area contributed by atoms with Crippen molar-refractivity contribution in [3.63, 3.8) is 0 Å². The van der Waals surface area contributed by atoms with E-state index >= 15 is 0 Å². The average Bonchev–Trinajstić information content (AvgIpc) is 2.13. The molecule has 1 aliphatic heterocycles. The molecule has 0 aliphatic carbocycles. The first-order valence-corrected chi connectivity index (χ1v) is 8.28. The summed E-state index contributed by atoms with van der Waals surface area (Å²) in [4.78, 5) is 0. The fourth-order valence-corrected chi connectivity index (χ4v) is 5.97. The third-order valence-corrected chi connectivity index (χ3v) is 7.13. The molecule has 3 atom stereocenters. The minimum Gasteiger partial charge on any atom is -0.259 e. The smallest absolute Gasteiger partial charge is 0.0446 e. The zero-order valence-corrected chi connectivity index (χ0v) is 10.4. The Hall–Kier alpha value is 0.590. The van der Waals surface area contributed by atoms with Crippen molar-refractivity contribution in [2.75, 3.05) is 11.5 Å². The van der Waals surface area contributed by atoms with E-state index in [2.05, 4.69) is 13.5 Å². The van der Waals surface area contributed by atoms with E-state index in [9.17, 15) is 4.21 Å². The molecule has 0 aromatic carbocycles. The summed E-state index contributed by atoms with van der Waals surface area (Å²) in [5, 5.41) is 0.954. The van der Waals surface area contributed by atoms with Gasteiger partial charge in [0.2, 0.25) is 0 Å². The molecule has 1 heterocycles. The lowest BCUT2D eigenvalue weighted by Crippen LogP contribution is -2.31. The third-order valence-electron chi connectivity index (χ3n) is 2.15. The van der Waals surface area contributed by atoms with Crippen molar-refractivity contribution in [1.29, 1.82) is 0 Å². The van der Waals surface area contributed by atoms with Crippen LogP contribution in [0.5, 0.6) is 0 Å². The highest BCUT2D eigenvalue weighted by molar-refractivity contribution is 8.77. The molecule has 0 amide bonds. The molecule has 1 rings (SSSR count). The van der Waals surface area contributed by atoms with Crippen LogP contribution in [0.25, 0.3) is 0 Å². The number of hydrogen-bond donors (Lipinski definition) is 0. The molecule has 1 unspecified atom stereocenters. The van der Waals surface area contributed by atoms with Crippen LogP contribution < -0.4 is 0 Å². The Morgan fingerprint density at radius 3 is 3.15 bits per heavy atom. The normalized spacial score (nSPS) is 34.4. The van der Waals surface area contributed by atoms with E-state index in [4.69, 9.17) is 0 Å². The summed E-state index contributed by atoms with van der Waals surface area (Å²) in [6.45, 7) is 5.80. The quantitative estimate of drug-likeness (QED) is 0.424. The summed E-state index contributed by atoms with van der Waals surface area (Å²) in [5.74, 6) is 1.89. The van der Waals surface area contributed by atoms with Gasteiger partial charge in [-0.2, -0.15) is 0 Å². The maximum Gasteiger partial charge on any atom is 0.0446 e. The van der Waals surface area contributed by atoms with Crippen LogP contribution in [0.1, 0.15) is 19.8 Å². The van der Waals surface area contributed by atoms with Crippen molar-refractivity contribution in [3.8, 4) is 0 Å². The first-order chi connectivity index (χ1) is 6.25. The van der Waals surface area contributed by atoms with Gasteiger partial charge in [0, 0.05) is 32.8 Å². The van der Waals surface area contributed by atoms with Crippen molar-refractivity contribution in [2.24, 2.45) is 0 Å². The molecular formula is C9H16OS3. The summed E-state index contributed by atoms with van der Waals surface area (Å²) < 4.78 is 11.5. The van der Waals surface area contributed by atoms with Crippen LogP contribution in [0, 0.1) is 0 Å². The van der Waals surface area contributed by atoms with Crippen LogP contribution in [-0.4, -0.2) is 26.2 Å². The van der Waals surface area contributed by atoms with Gasteiger partial charge in [0.15, 0.2) is 0 Å². The van der Waals surface area contributed by atoms with E-state index in [1.54, 1.807) is 0 Å². The monoisotopic (exact) mass is 236 g/mol. The molecule has 76 valence electrons. The van der Waals surface area contributed by atoms with Gasteiger partial charge in [0.1, 0.15) is 0 Å². The molecule has 1 saturated heterocycles. The summed E-state index contributed by atoms with van der Waals surface area (Å²) in [7, 11) is 3.14. The Kier molecular flexibility index (Phi) is 5.51. The van der Waals surface area contributed by atoms with E-state index in [1.807, 2.05) is 27.7 Å². The van der Waals surface area contributed by atoms with Crippen molar-refractivity contribution in [2.45, 2.75) is 30.3 Å². The van der Waals surface area contributed by atoms with E-state index in [1.165, 1.54) is 6.42 Å². The van der Waals surface area contributed by atoms with Gasteiger partial charge in [0.25, 0.3) is 0 Å². The van der Waals surface area contributed by atoms with Gasteiger partial charge in [-0.25, -0.2) is 0 Å². The second-order valence-electron chi connectivity index (χ2n) is 3.14. The van der Waals surface area contributed by atoms with Crippen molar-refractivity contribution >= 4 is 32.4 Å². The Labute approximate surface area is 91.0 Å². The van der Waals surface area contributed by atoms with Crippen LogP contribution in [0.15, 0.2) is 12.7 Å². The number of rotatable bonds is 4. The van der Waals surface area contributed by atoms with Gasteiger partial charge >= 0.3 is 0 Å². The average molecular weight is 236 g/mol. The molecular weight excluding hydrogens is 220 g/mol. The lowest BCUT2D eigenvalue weighted by Gasteiger charge is -2.26. The van der Waals surface area contributed by atoms with Gasteiger partial charge in [-0.15, -0.1) is 6.58 Å². The maximum atomic E-state index is 11.5. The summed E-state index contributed by atoms with van der Waals surface area (Å²) in [5.41, 5.74) is 0. The van der Waals surface area contributed by atoms with Gasteiger partial charge < -0.3 is 0 Å². The van der Waals surface area contributed by atoms with Crippen LogP contribution in [0.2, 0.25) is 0 Å². The second-order valence-corrected chi connectivity index (χ2v) is 7.70. The predicted molar refractivity (Wildman–Crippen MR) is 65.7 cm³/mol.